The molecule has 0 bridgehead atoms. The van der Waals surface area contributed by atoms with E-state index < -0.39 is 10.0 Å². The lowest BCUT2D eigenvalue weighted by Crippen LogP contribution is -2.37. The minimum Gasteiger partial charge on any atom is -0.355 e. The summed E-state index contributed by atoms with van der Waals surface area (Å²) in [6, 6.07) is 10.4. The molecule has 8 heteroatoms. The van der Waals surface area contributed by atoms with E-state index in [1.807, 2.05) is 30.3 Å². The fraction of sp³-hybridized carbons (Fsp3) is 0.353. The zero-order chi connectivity index (χ0) is 18.4. The van der Waals surface area contributed by atoms with Gasteiger partial charge in [-0.05, 0) is 49.5 Å². The van der Waals surface area contributed by atoms with Gasteiger partial charge in [-0.1, -0.05) is 18.2 Å². The van der Waals surface area contributed by atoms with E-state index in [-0.39, 0.29) is 23.4 Å². The van der Waals surface area contributed by atoms with E-state index in [4.69, 9.17) is 5.14 Å². The summed E-state index contributed by atoms with van der Waals surface area (Å²) >= 11 is 1.68. The summed E-state index contributed by atoms with van der Waals surface area (Å²) in [5, 5.41) is 10.0. The molecule has 0 saturated carbocycles. The standard InChI is InChI=1S/C17H23N3O3S2/c1-13(14-5-7-16(8-6-14)25(18,22)23)20(2)12-17(21)19-10-9-15-4-3-11-24-15/h3-8,11,13H,9-10,12H2,1-2H3,(H,19,21)(H2,18,22,23)/t13-/m0/s1. The van der Waals surface area contributed by atoms with Crippen LogP contribution in [0.25, 0.3) is 0 Å². The first-order chi connectivity index (χ1) is 11.8. The predicted molar refractivity (Wildman–Crippen MR) is 99.9 cm³/mol. The number of thiophene rings is 1. The van der Waals surface area contributed by atoms with Crippen LogP contribution in [-0.2, 0) is 21.2 Å². The van der Waals surface area contributed by atoms with Crippen molar-refractivity contribution in [2.24, 2.45) is 5.14 Å². The molecule has 0 radical (unpaired) electrons. The Kier molecular flexibility index (Phi) is 6.71. The Balaban J connectivity index is 1.84. The summed E-state index contributed by atoms with van der Waals surface area (Å²) in [4.78, 5) is 15.3. The Bertz CT molecular complexity index is 787. The Morgan fingerprint density at radius 3 is 2.52 bits per heavy atom. The molecule has 0 spiro atoms. The molecule has 1 atom stereocenters. The van der Waals surface area contributed by atoms with Crippen LogP contribution in [0.4, 0.5) is 0 Å². The minimum atomic E-state index is -3.69. The van der Waals surface area contributed by atoms with Gasteiger partial charge in [0.1, 0.15) is 0 Å². The number of nitrogens with one attached hydrogen (secondary N) is 1. The Morgan fingerprint density at radius 2 is 1.96 bits per heavy atom. The highest BCUT2D eigenvalue weighted by Gasteiger charge is 2.16. The first-order valence-electron chi connectivity index (χ1n) is 7.89. The molecule has 0 unspecified atom stereocenters. The van der Waals surface area contributed by atoms with Gasteiger partial charge in [0, 0.05) is 17.5 Å². The van der Waals surface area contributed by atoms with Crippen molar-refractivity contribution in [3.8, 4) is 0 Å². The number of sulfonamides is 1. The van der Waals surface area contributed by atoms with Crippen LogP contribution in [0.15, 0.2) is 46.7 Å². The number of carbonyl (C=O) groups excluding carboxylic acids is 1. The largest absolute Gasteiger partial charge is 0.355 e. The number of amides is 1. The number of nitrogens with two attached hydrogens (primary N) is 1. The van der Waals surface area contributed by atoms with Gasteiger partial charge >= 0.3 is 0 Å². The van der Waals surface area contributed by atoms with Crippen LogP contribution in [0.3, 0.4) is 0 Å². The van der Waals surface area contributed by atoms with Crippen LogP contribution in [0.2, 0.25) is 0 Å². The molecule has 25 heavy (non-hydrogen) atoms. The number of rotatable bonds is 8. The lowest BCUT2D eigenvalue weighted by molar-refractivity contribution is -0.122. The van der Waals surface area contributed by atoms with E-state index in [1.165, 1.54) is 17.0 Å². The van der Waals surface area contributed by atoms with Crippen LogP contribution < -0.4 is 10.5 Å². The molecule has 0 aliphatic rings. The van der Waals surface area contributed by atoms with Gasteiger partial charge in [-0.2, -0.15) is 0 Å². The third kappa shape index (κ3) is 5.93. The summed E-state index contributed by atoms with van der Waals surface area (Å²) < 4.78 is 22.6. The normalized spacial score (nSPS) is 13.0. The lowest BCUT2D eigenvalue weighted by atomic mass is 10.1. The fourth-order valence-corrected chi connectivity index (χ4v) is 3.61. The van der Waals surface area contributed by atoms with E-state index in [9.17, 15) is 13.2 Å². The molecule has 6 nitrogen and oxygen atoms in total. The molecular formula is C17H23N3O3S2. The highest BCUT2D eigenvalue weighted by Crippen LogP contribution is 2.20. The van der Waals surface area contributed by atoms with Gasteiger partial charge in [-0.25, -0.2) is 13.6 Å². The van der Waals surface area contributed by atoms with Crippen molar-refractivity contribution < 1.29 is 13.2 Å². The molecule has 136 valence electrons. The van der Waals surface area contributed by atoms with E-state index in [0.717, 1.165) is 12.0 Å². The lowest BCUT2D eigenvalue weighted by Gasteiger charge is -2.24. The number of carbonyl (C=O) groups is 1. The van der Waals surface area contributed by atoms with Crippen LogP contribution >= 0.6 is 11.3 Å². The molecule has 1 heterocycles. The van der Waals surface area contributed by atoms with Gasteiger partial charge in [0.25, 0.3) is 0 Å². The minimum absolute atomic E-state index is 0.0300. The fourth-order valence-electron chi connectivity index (χ4n) is 2.39. The maximum Gasteiger partial charge on any atom is 0.238 e. The van der Waals surface area contributed by atoms with Gasteiger partial charge < -0.3 is 5.32 Å². The van der Waals surface area contributed by atoms with Crippen LogP contribution in [-0.4, -0.2) is 39.4 Å². The first kappa shape index (κ1) is 19.6. The van der Waals surface area contributed by atoms with Crippen LogP contribution in [0.1, 0.15) is 23.4 Å². The van der Waals surface area contributed by atoms with E-state index in [1.54, 1.807) is 23.5 Å². The summed E-state index contributed by atoms with van der Waals surface area (Å²) in [5.41, 5.74) is 0.918. The SMILES string of the molecule is C[C@@H](c1ccc(S(N)(=O)=O)cc1)N(C)CC(=O)NCCc1cccs1. The second-order valence-electron chi connectivity index (χ2n) is 5.88. The number of likely N-dealkylation sites (N-methyl/N-ethyl adjacent to an activating group) is 1. The van der Waals surface area contributed by atoms with Crippen molar-refractivity contribution >= 4 is 27.3 Å². The van der Waals surface area contributed by atoms with E-state index in [2.05, 4.69) is 11.4 Å². The molecule has 3 N–H and O–H groups in total. The number of primary sulfonamides is 1. The van der Waals surface area contributed by atoms with Crippen molar-refractivity contribution in [3.63, 3.8) is 0 Å². The molecule has 1 amide bonds. The average Bonchev–Trinajstić information content (AvgIpc) is 3.06. The summed E-state index contributed by atoms with van der Waals surface area (Å²) in [6.07, 6.45) is 0.831. The molecule has 0 aliphatic carbocycles. The third-order valence-electron chi connectivity index (χ3n) is 4.02. The summed E-state index contributed by atoms with van der Waals surface area (Å²) in [6.45, 7) is 2.85. The predicted octanol–water partition coefficient (Wildman–Crippen LogP) is 1.75. The molecular weight excluding hydrogens is 358 g/mol. The quantitative estimate of drug-likeness (QED) is 0.729. The van der Waals surface area contributed by atoms with Crippen LogP contribution in [0.5, 0.6) is 0 Å². The maximum absolute atomic E-state index is 12.1. The summed E-state index contributed by atoms with van der Waals surface area (Å²) in [7, 11) is -1.83. The first-order valence-corrected chi connectivity index (χ1v) is 10.3. The van der Waals surface area contributed by atoms with Crippen molar-refractivity contribution in [1.82, 2.24) is 10.2 Å². The highest BCUT2D eigenvalue weighted by molar-refractivity contribution is 7.89. The maximum atomic E-state index is 12.1. The van der Waals surface area contributed by atoms with E-state index >= 15 is 0 Å². The van der Waals surface area contributed by atoms with Gasteiger partial charge in [0.05, 0.1) is 11.4 Å². The van der Waals surface area contributed by atoms with Gasteiger partial charge in [-0.3, -0.25) is 9.69 Å². The molecule has 0 aliphatic heterocycles. The molecule has 0 saturated heterocycles. The second-order valence-corrected chi connectivity index (χ2v) is 8.48. The van der Waals surface area contributed by atoms with Crippen LogP contribution in [0, 0.1) is 0 Å². The summed E-state index contributed by atoms with van der Waals surface area (Å²) in [5.74, 6) is -0.0351. The second kappa shape index (κ2) is 8.57. The molecule has 1 aromatic carbocycles. The number of hydrogen-bond acceptors (Lipinski definition) is 5. The molecule has 2 rings (SSSR count). The van der Waals surface area contributed by atoms with Gasteiger partial charge in [-0.15, -0.1) is 11.3 Å². The zero-order valence-electron chi connectivity index (χ0n) is 14.3. The molecule has 0 fully saturated rings. The Morgan fingerprint density at radius 1 is 1.28 bits per heavy atom. The van der Waals surface area contributed by atoms with Crippen molar-refractivity contribution in [1.29, 1.82) is 0 Å². The Hall–Kier alpha value is -1.74. The molecule has 1 aromatic heterocycles. The van der Waals surface area contributed by atoms with Crippen molar-refractivity contribution in [3.05, 3.63) is 52.2 Å². The van der Waals surface area contributed by atoms with Crippen molar-refractivity contribution in [2.45, 2.75) is 24.3 Å². The Labute approximate surface area is 152 Å². The average molecular weight is 382 g/mol. The highest BCUT2D eigenvalue weighted by atomic mass is 32.2. The monoisotopic (exact) mass is 381 g/mol. The number of hydrogen-bond donors (Lipinski definition) is 2. The topological polar surface area (TPSA) is 92.5 Å². The number of benzene rings is 1. The molecule has 2 aromatic rings. The zero-order valence-corrected chi connectivity index (χ0v) is 15.9. The van der Waals surface area contributed by atoms with E-state index in [0.29, 0.717) is 6.54 Å². The van der Waals surface area contributed by atoms with Crippen molar-refractivity contribution in [2.75, 3.05) is 20.1 Å². The smallest absolute Gasteiger partial charge is 0.238 e. The third-order valence-corrected chi connectivity index (χ3v) is 5.88. The van der Waals surface area contributed by atoms with Gasteiger partial charge in [0.15, 0.2) is 0 Å². The number of nitrogens with zero attached hydrogens (tertiary/aromatic N) is 1. The van der Waals surface area contributed by atoms with Gasteiger partial charge in [0.2, 0.25) is 15.9 Å².